The van der Waals surface area contributed by atoms with Crippen molar-refractivity contribution < 1.29 is 44.4 Å². The van der Waals surface area contributed by atoms with Gasteiger partial charge in [0.25, 0.3) is 17.6 Å². The number of fused-ring (bicyclic) bond motifs is 3. The van der Waals surface area contributed by atoms with E-state index in [1.54, 1.807) is 0 Å². The summed E-state index contributed by atoms with van der Waals surface area (Å²) in [6.07, 6.45) is -0.501. The van der Waals surface area contributed by atoms with Crippen LogP contribution in [0, 0.1) is 11.8 Å². The molecule has 1 aromatic rings. The predicted octanol–water partition coefficient (Wildman–Crippen LogP) is -0.149. The minimum Gasteiger partial charge on any atom is -0.511 e. The maximum Gasteiger partial charge on any atom is 0.294 e. The number of hydrogen-bond acceptors (Lipinski definition) is 9. The van der Waals surface area contributed by atoms with Crippen LogP contribution in [-0.4, -0.2) is 74.2 Å². The summed E-state index contributed by atoms with van der Waals surface area (Å²) in [5, 5.41) is 42.7. The van der Waals surface area contributed by atoms with Gasteiger partial charge in [-0.25, -0.2) is 0 Å². The average Bonchev–Trinajstić information content (AvgIpc) is 2.75. The van der Waals surface area contributed by atoms with E-state index >= 15 is 0 Å². The lowest BCUT2D eigenvalue weighted by atomic mass is 9.60. The molecule has 0 unspecified atom stereocenters. The molecule has 3 atom stereocenters. The number of carbonyl (C=O) groups excluding carboxylic acids is 5. The van der Waals surface area contributed by atoms with Crippen LogP contribution in [0.25, 0.3) is 0 Å². The van der Waals surface area contributed by atoms with Crippen molar-refractivity contribution in [2.45, 2.75) is 24.9 Å². The second-order valence-corrected chi connectivity index (χ2v) is 8.93. The molecule has 0 spiro atoms. The Hall–Kier alpha value is -3.99. The Bertz CT molecular complexity index is 1270. The Labute approximate surface area is 192 Å². The van der Waals surface area contributed by atoms with Crippen molar-refractivity contribution in [1.82, 2.24) is 4.90 Å². The Balaban J connectivity index is 1.89. The summed E-state index contributed by atoms with van der Waals surface area (Å²) in [5.74, 6) is -9.28. The molecular formula is C23H22N2O9. The number of amides is 2. The first-order valence-corrected chi connectivity index (χ1v) is 10.4. The third-order valence-corrected chi connectivity index (χ3v) is 6.79. The second-order valence-electron chi connectivity index (χ2n) is 8.93. The molecule has 178 valence electrons. The topological polar surface area (TPSA) is 196 Å². The SMILES string of the molecule is CN(C)C(=O)C(=O)c1ccc(O)c2c1C[C@H]1C[C@H]3CC(O)=C(C(N)=O)C(=O)[C@@]3(O)C(O)=C1C2=O. The lowest BCUT2D eigenvalue weighted by Gasteiger charge is -2.45. The number of aromatic hydroxyl groups is 1. The summed E-state index contributed by atoms with van der Waals surface area (Å²) in [6.45, 7) is 0. The quantitative estimate of drug-likeness (QED) is 0.227. The van der Waals surface area contributed by atoms with Crippen molar-refractivity contribution in [3.05, 3.63) is 51.5 Å². The number of benzene rings is 1. The molecule has 3 aliphatic carbocycles. The van der Waals surface area contributed by atoms with E-state index in [1.165, 1.54) is 20.2 Å². The summed E-state index contributed by atoms with van der Waals surface area (Å²) >= 11 is 0. The minimum absolute atomic E-state index is 0.0649. The summed E-state index contributed by atoms with van der Waals surface area (Å²) in [5.41, 5.74) is 0.989. The van der Waals surface area contributed by atoms with E-state index in [9.17, 15) is 44.4 Å². The van der Waals surface area contributed by atoms with Crippen LogP contribution in [0.3, 0.4) is 0 Å². The number of nitrogens with zero attached hydrogens (tertiary/aromatic N) is 1. The van der Waals surface area contributed by atoms with E-state index in [2.05, 4.69) is 0 Å². The van der Waals surface area contributed by atoms with Gasteiger partial charge in [-0.05, 0) is 36.5 Å². The van der Waals surface area contributed by atoms with Gasteiger partial charge in [0.05, 0.1) is 5.56 Å². The molecule has 0 saturated carbocycles. The van der Waals surface area contributed by atoms with Crippen LogP contribution >= 0.6 is 0 Å². The van der Waals surface area contributed by atoms with E-state index in [1.807, 2.05) is 0 Å². The number of rotatable bonds is 3. The standard InChI is InChI=1S/C23H22N2O9/c1-25(2)22(33)17(28)10-3-4-12(26)15-11(10)6-8-5-9-7-13(27)16(21(24)32)20(31)23(9,34)19(30)14(8)18(15)29/h3-4,8-9,26-27,30,34H,5-7H2,1-2H3,(H2,24,32)/t8-,9+,23+/m1/s1. The number of likely N-dealkylation sites (N-methyl/N-ethyl adjacent to an activating group) is 1. The largest absolute Gasteiger partial charge is 0.511 e. The van der Waals surface area contributed by atoms with Crippen molar-refractivity contribution in [3.63, 3.8) is 0 Å². The fourth-order valence-corrected chi connectivity index (χ4v) is 5.15. The van der Waals surface area contributed by atoms with Crippen molar-refractivity contribution in [3.8, 4) is 5.75 Å². The van der Waals surface area contributed by atoms with Gasteiger partial charge in [-0.1, -0.05) is 0 Å². The highest BCUT2D eigenvalue weighted by molar-refractivity contribution is 6.43. The second kappa shape index (κ2) is 7.52. The zero-order valence-electron chi connectivity index (χ0n) is 18.3. The van der Waals surface area contributed by atoms with Gasteiger partial charge in [0.2, 0.25) is 5.78 Å². The van der Waals surface area contributed by atoms with Crippen LogP contribution in [0.4, 0.5) is 0 Å². The monoisotopic (exact) mass is 470 g/mol. The van der Waals surface area contributed by atoms with Gasteiger partial charge in [-0.3, -0.25) is 24.0 Å². The fourth-order valence-electron chi connectivity index (χ4n) is 5.15. The third kappa shape index (κ3) is 2.97. The van der Waals surface area contributed by atoms with Gasteiger partial charge in [-0.15, -0.1) is 0 Å². The molecule has 0 heterocycles. The number of Topliss-reactive ketones (excluding diaryl/α,β-unsaturated/α-hetero) is 3. The van der Waals surface area contributed by atoms with Crippen molar-refractivity contribution >= 4 is 29.2 Å². The number of aliphatic hydroxyl groups is 3. The number of nitrogens with two attached hydrogens (primary N) is 1. The molecule has 0 fully saturated rings. The van der Waals surface area contributed by atoms with Gasteiger partial charge in [-0.2, -0.15) is 0 Å². The molecule has 0 saturated heterocycles. The van der Waals surface area contributed by atoms with Gasteiger partial charge in [0, 0.05) is 37.6 Å². The number of phenolic OH excluding ortho intramolecular Hbond substituents is 1. The molecule has 11 nitrogen and oxygen atoms in total. The Morgan fingerprint density at radius 1 is 1.09 bits per heavy atom. The Morgan fingerprint density at radius 3 is 2.32 bits per heavy atom. The number of ketones is 3. The number of primary amides is 1. The average molecular weight is 470 g/mol. The summed E-state index contributed by atoms with van der Waals surface area (Å²) < 4.78 is 0. The molecule has 0 aromatic heterocycles. The maximum absolute atomic E-state index is 13.4. The lowest BCUT2D eigenvalue weighted by molar-refractivity contribution is -0.144. The molecule has 4 rings (SSSR count). The van der Waals surface area contributed by atoms with Gasteiger partial charge in [0.15, 0.2) is 11.4 Å². The third-order valence-electron chi connectivity index (χ3n) is 6.79. The molecule has 2 amide bonds. The van der Waals surface area contributed by atoms with Crippen molar-refractivity contribution in [1.29, 1.82) is 0 Å². The van der Waals surface area contributed by atoms with Gasteiger partial charge in [0.1, 0.15) is 22.8 Å². The molecular weight excluding hydrogens is 448 g/mol. The number of hydrogen-bond donors (Lipinski definition) is 5. The van der Waals surface area contributed by atoms with Crippen LogP contribution in [-0.2, 0) is 20.8 Å². The molecule has 0 aliphatic heterocycles. The first-order chi connectivity index (χ1) is 15.8. The molecule has 34 heavy (non-hydrogen) atoms. The van der Waals surface area contributed by atoms with Crippen LogP contribution in [0.2, 0.25) is 0 Å². The van der Waals surface area contributed by atoms with Crippen molar-refractivity contribution in [2.24, 2.45) is 17.6 Å². The first-order valence-electron chi connectivity index (χ1n) is 10.4. The number of carbonyl (C=O) groups is 5. The first kappa shape index (κ1) is 23.2. The maximum atomic E-state index is 13.4. The number of phenols is 1. The summed E-state index contributed by atoms with van der Waals surface area (Å²) in [6, 6.07) is 2.31. The highest BCUT2D eigenvalue weighted by atomic mass is 16.3. The van der Waals surface area contributed by atoms with Gasteiger partial charge < -0.3 is 31.1 Å². The summed E-state index contributed by atoms with van der Waals surface area (Å²) in [7, 11) is 2.78. The Morgan fingerprint density at radius 2 is 1.74 bits per heavy atom. The minimum atomic E-state index is -2.67. The molecule has 6 N–H and O–H groups in total. The molecule has 0 radical (unpaired) electrons. The lowest BCUT2D eigenvalue weighted by Crippen LogP contribution is -2.57. The van der Waals surface area contributed by atoms with E-state index in [4.69, 9.17) is 5.73 Å². The predicted molar refractivity (Wildman–Crippen MR) is 114 cm³/mol. The smallest absolute Gasteiger partial charge is 0.294 e. The zero-order chi connectivity index (χ0) is 25.3. The molecule has 3 aliphatic rings. The molecule has 0 bridgehead atoms. The fraction of sp³-hybridized carbons (Fsp3) is 0.348. The Kier molecular flexibility index (Phi) is 5.13. The van der Waals surface area contributed by atoms with Crippen LogP contribution in [0.5, 0.6) is 5.75 Å². The van der Waals surface area contributed by atoms with E-state index in [0.717, 1.165) is 11.0 Å². The van der Waals surface area contributed by atoms with E-state index in [0.29, 0.717) is 0 Å². The van der Waals surface area contributed by atoms with E-state index in [-0.39, 0.29) is 41.5 Å². The summed E-state index contributed by atoms with van der Waals surface area (Å²) in [4.78, 5) is 64.1. The highest BCUT2D eigenvalue weighted by Crippen LogP contribution is 2.51. The van der Waals surface area contributed by atoms with Gasteiger partial charge >= 0.3 is 0 Å². The van der Waals surface area contributed by atoms with Crippen LogP contribution in [0.1, 0.15) is 39.1 Å². The van der Waals surface area contributed by atoms with Crippen LogP contribution in [0.15, 0.2) is 34.8 Å². The normalized spacial score (nSPS) is 26.0. The number of allylic oxidation sites excluding steroid dienone is 2. The molecule has 1 aromatic carbocycles. The van der Waals surface area contributed by atoms with E-state index < -0.39 is 69.4 Å². The van der Waals surface area contributed by atoms with Crippen molar-refractivity contribution in [2.75, 3.05) is 14.1 Å². The number of aliphatic hydroxyl groups excluding tert-OH is 2. The highest BCUT2D eigenvalue weighted by Gasteiger charge is 2.59. The van der Waals surface area contributed by atoms with Crippen LogP contribution < -0.4 is 5.73 Å². The zero-order valence-corrected chi connectivity index (χ0v) is 18.3. The molecule has 11 heteroatoms.